The van der Waals surface area contributed by atoms with E-state index in [2.05, 4.69) is 15.6 Å². The molecule has 0 aromatic carbocycles. The van der Waals surface area contributed by atoms with Crippen LogP contribution >= 0.6 is 0 Å². The fourth-order valence-corrected chi connectivity index (χ4v) is 1.92. The van der Waals surface area contributed by atoms with Crippen LogP contribution < -0.4 is 10.6 Å². The Morgan fingerprint density at radius 1 is 1.62 bits per heavy atom. The van der Waals surface area contributed by atoms with Crippen molar-refractivity contribution < 1.29 is 4.79 Å². The Balaban J connectivity index is 1.72. The van der Waals surface area contributed by atoms with E-state index in [1.54, 1.807) is 12.4 Å². The second kappa shape index (κ2) is 5.61. The van der Waals surface area contributed by atoms with Crippen molar-refractivity contribution in [3.05, 3.63) is 30.1 Å². The van der Waals surface area contributed by atoms with Crippen molar-refractivity contribution in [2.24, 2.45) is 0 Å². The average Bonchev–Trinajstić information content (AvgIpc) is 2.81. The van der Waals surface area contributed by atoms with Gasteiger partial charge in [0, 0.05) is 25.0 Å². The van der Waals surface area contributed by atoms with Gasteiger partial charge < -0.3 is 10.6 Å². The molecule has 2 rings (SSSR count). The van der Waals surface area contributed by atoms with E-state index in [9.17, 15) is 4.79 Å². The Kier molecular flexibility index (Phi) is 3.88. The maximum absolute atomic E-state index is 11.6. The Hall–Kier alpha value is -1.42. The van der Waals surface area contributed by atoms with Crippen molar-refractivity contribution in [2.75, 3.05) is 13.1 Å². The Morgan fingerprint density at radius 3 is 3.25 bits per heavy atom. The van der Waals surface area contributed by atoms with E-state index >= 15 is 0 Å². The molecule has 2 N–H and O–H groups in total. The van der Waals surface area contributed by atoms with E-state index in [1.165, 1.54) is 6.42 Å². The normalized spacial score (nSPS) is 19.6. The van der Waals surface area contributed by atoms with E-state index in [-0.39, 0.29) is 5.91 Å². The number of amides is 1. The molecule has 4 heteroatoms. The predicted octanol–water partition coefficient (Wildman–Crippen LogP) is 0.492. The first-order chi connectivity index (χ1) is 7.84. The van der Waals surface area contributed by atoms with Gasteiger partial charge in [-0.15, -0.1) is 0 Å². The first kappa shape index (κ1) is 11.1. The lowest BCUT2D eigenvalue weighted by Gasteiger charge is -2.11. The zero-order valence-corrected chi connectivity index (χ0v) is 9.28. The highest BCUT2D eigenvalue weighted by Crippen LogP contribution is 2.03. The zero-order valence-electron chi connectivity index (χ0n) is 9.28. The third kappa shape index (κ3) is 3.31. The van der Waals surface area contributed by atoms with Crippen molar-refractivity contribution >= 4 is 5.91 Å². The van der Waals surface area contributed by atoms with Crippen molar-refractivity contribution in [3.8, 4) is 0 Å². The van der Waals surface area contributed by atoms with Gasteiger partial charge in [-0.3, -0.25) is 9.78 Å². The number of carbonyl (C=O) groups excluding carboxylic acids is 1. The molecule has 1 saturated heterocycles. The number of nitrogens with one attached hydrogen (secondary N) is 2. The van der Waals surface area contributed by atoms with Crippen LogP contribution in [0, 0.1) is 0 Å². The quantitative estimate of drug-likeness (QED) is 0.775. The number of aromatic nitrogens is 1. The van der Waals surface area contributed by atoms with Crippen molar-refractivity contribution in [1.82, 2.24) is 15.6 Å². The third-order valence-electron chi connectivity index (χ3n) is 2.80. The molecule has 1 aliphatic rings. The van der Waals surface area contributed by atoms with Crippen LogP contribution in [0.1, 0.15) is 18.4 Å². The van der Waals surface area contributed by atoms with E-state index in [1.807, 2.05) is 12.1 Å². The van der Waals surface area contributed by atoms with E-state index in [0.29, 0.717) is 12.5 Å². The highest BCUT2D eigenvalue weighted by Gasteiger charge is 2.14. The van der Waals surface area contributed by atoms with Crippen LogP contribution in [-0.4, -0.2) is 30.0 Å². The van der Waals surface area contributed by atoms with Crippen LogP contribution in [0.2, 0.25) is 0 Å². The largest absolute Gasteiger partial charge is 0.354 e. The summed E-state index contributed by atoms with van der Waals surface area (Å²) in [5, 5.41) is 6.29. The standard InChI is InChI=1S/C12H17N3O/c16-12(7-10-3-1-5-13-8-10)15-9-11-4-2-6-14-11/h1,3,5,8,11,14H,2,4,6-7,9H2,(H,15,16). The number of pyridine rings is 1. The number of hydrogen-bond donors (Lipinski definition) is 2. The van der Waals surface area contributed by atoms with Crippen LogP contribution in [0.25, 0.3) is 0 Å². The van der Waals surface area contributed by atoms with Gasteiger partial charge in [0.2, 0.25) is 5.91 Å². The van der Waals surface area contributed by atoms with Crippen molar-refractivity contribution in [2.45, 2.75) is 25.3 Å². The molecular formula is C12H17N3O. The van der Waals surface area contributed by atoms with Crippen molar-refractivity contribution in [1.29, 1.82) is 0 Å². The summed E-state index contributed by atoms with van der Waals surface area (Å²) >= 11 is 0. The molecule has 1 atom stereocenters. The summed E-state index contributed by atoms with van der Waals surface area (Å²) in [6, 6.07) is 4.22. The summed E-state index contributed by atoms with van der Waals surface area (Å²) < 4.78 is 0. The Bertz CT molecular complexity index is 333. The molecule has 2 heterocycles. The molecule has 86 valence electrons. The molecule has 1 aromatic heterocycles. The van der Waals surface area contributed by atoms with Gasteiger partial charge in [0.15, 0.2) is 0 Å². The van der Waals surface area contributed by atoms with E-state index in [4.69, 9.17) is 0 Å². The van der Waals surface area contributed by atoms with Crippen LogP contribution in [-0.2, 0) is 11.2 Å². The van der Waals surface area contributed by atoms with Crippen LogP contribution in [0.3, 0.4) is 0 Å². The molecule has 1 aromatic rings. The SMILES string of the molecule is O=C(Cc1cccnc1)NCC1CCCN1. The van der Waals surface area contributed by atoms with Crippen LogP contribution in [0.15, 0.2) is 24.5 Å². The summed E-state index contributed by atoms with van der Waals surface area (Å²) in [5.41, 5.74) is 0.958. The molecule has 0 radical (unpaired) electrons. The molecule has 16 heavy (non-hydrogen) atoms. The molecule has 1 fully saturated rings. The Morgan fingerprint density at radius 2 is 2.56 bits per heavy atom. The lowest BCUT2D eigenvalue weighted by atomic mass is 10.2. The second-order valence-corrected chi connectivity index (χ2v) is 4.14. The van der Waals surface area contributed by atoms with Crippen LogP contribution in [0.5, 0.6) is 0 Å². The van der Waals surface area contributed by atoms with E-state index < -0.39 is 0 Å². The first-order valence-corrected chi connectivity index (χ1v) is 5.73. The van der Waals surface area contributed by atoms with Gasteiger partial charge >= 0.3 is 0 Å². The van der Waals surface area contributed by atoms with E-state index in [0.717, 1.165) is 25.1 Å². The molecule has 4 nitrogen and oxygen atoms in total. The van der Waals surface area contributed by atoms with Gasteiger partial charge in [-0.1, -0.05) is 6.07 Å². The van der Waals surface area contributed by atoms with Gasteiger partial charge in [0.1, 0.15) is 0 Å². The molecular weight excluding hydrogens is 202 g/mol. The van der Waals surface area contributed by atoms with Gasteiger partial charge in [0.05, 0.1) is 6.42 Å². The second-order valence-electron chi connectivity index (χ2n) is 4.14. The highest BCUT2D eigenvalue weighted by atomic mass is 16.1. The number of carbonyl (C=O) groups is 1. The summed E-state index contributed by atoms with van der Waals surface area (Å²) in [5.74, 6) is 0.0710. The fraction of sp³-hybridized carbons (Fsp3) is 0.500. The zero-order chi connectivity index (χ0) is 11.2. The highest BCUT2D eigenvalue weighted by molar-refractivity contribution is 5.78. The third-order valence-corrected chi connectivity index (χ3v) is 2.80. The lowest BCUT2D eigenvalue weighted by molar-refractivity contribution is -0.120. The minimum Gasteiger partial charge on any atom is -0.354 e. The topological polar surface area (TPSA) is 54.0 Å². The summed E-state index contributed by atoms with van der Waals surface area (Å²) in [6.45, 7) is 1.81. The minimum atomic E-state index is 0.0710. The first-order valence-electron chi connectivity index (χ1n) is 5.73. The molecule has 0 bridgehead atoms. The summed E-state index contributed by atoms with van der Waals surface area (Å²) in [7, 11) is 0. The number of hydrogen-bond acceptors (Lipinski definition) is 3. The fourth-order valence-electron chi connectivity index (χ4n) is 1.92. The average molecular weight is 219 g/mol. The Labute approximate surface area is 95.5 Å². The van der Waals surface area contributed by atoms with Gasteiger partial charge in [-0.25, -0.2) is 0 Å². The lowest BCUT2D eigenvalue weighted by Crippen LogP contribution is -2.37. The monoisotopic (exact) mass is 219 g/mol. The number of rotatable bonds is 4. The maximum Gasteiger partial charge on any atom is 0.224 e. The molecule has 0 aliphatic carbocycles. The molecule has 1 unspecified atom stereocenters. The minimum absolute atomic E-state index is 0.0710. The van der Waals surface area contributed by atoms with Crippen molar-refractivity contribution in [3.63, 3.8) is 0 Å². The maximum atomic E-state index is 11.6. The van der Waals surface area contributed by atoms with Gasteiger partial charge in [0.25, 0.3) is 0 Å². The molecule has 0 saturated carbocycles. The molecule has 1 amide bonds. The molecule has 0 spiro atoms. The number of nitrogens with zero attached hydrogens (tertiary/aromatic N) is 1. The van der Waals surface area contributed by atoms with Gasteiger partial charge in [-0.05, 0) is 31.0 Å². The summed E-state index contributed by atoms with van der Waals surface area (Å²) in [6.07, 6.45) is 6.23. The predicted molar refractivity (Wildman–Crippen MR) is 62.0 cm³/mol. The smallest absolute Gasteiger partial charge is 0.224 e. The van der Waals surface area contributed by atoms with Crippen LogP contribution in [0.4, 0.5) is 0 Å². The molecule has 1 aliphatic heterocycles. The summed E-state index contributed by atoms with van der Waals surface area (Å²) in [4.78, 5) is 15.6. The van der Waals surface area contributed by atoms with Gasteiger partial charge in [-0.2, -0.15) is 0 Å².